The topological polar surface area (TPSA) is 92.9 Å². The van der Waals surface area contributed by atoms with Crippen LogP contribution in [0.4, 0.5) is 0 Å². The van der Waals surface area contributed by atoms with Crippen LogP contribution in [0, 0.1) is 19.3 Å². The highest BCUT2D eigenvalue weighted by Crippen LogP contribution is 2.32. The maximum atomic E-state index is 12.9. The van der Waals surface area contributed by atoms with E-state index in [9.17, 15) is 14.7 Å². The van der Waals surface area contributed by atoms with Gasteiger partial charge in [0.05, 0.1) is 22.2 Å². The van der Waals surface area contributed by atoms with Gasteiger partial charge in [0.1, 0.15) is 18.1 Å². The summed E-state index contributed by atoms with van der Waals surface area (Å²) in [6.45, 7) is 6.18. The zero-order valence-electron chi connectivity index (χ0n) is 15.1. The zero-order chi connectivity index (χ0) is 18.9. The maximum absolute atomic E-state index is 12.9. The Morgan fingerprint density at radius 1 is 1.35 bits per heavy atom. The van der Waals surface area contributed by atoms with Crippen LogP contribution in [0.2, 0.25) is 0 Å². The van der Waals surface area contributed by atoms with Gasteiger partial charge in [-0.3, -0.25) is 9.59 Å². The molecule has 1 fully saturated rings. The van der Waals surface area contributed by atoms with E-state index in [-0.39, 0.29) is 19.1 Å². The third kappa shape index (κ3) is 3.29. The highest BCUT2D eigenvalue weighted by atomic mass is 16.5. The molecule has 7 nitrogen and oxygen atoms in total. The fourth-order valence-corrected chi connectivity index (χ4v) is 3.11. The highest BCUT2D eigenvalue weighted by Gasteiger charge is 2.42. The Bertz CT molecular complexity index is 825. The molecule has 1 aliphatic heterocycles. The summed E-state index contributed by atoms with van der Waals surface area (Å²) in [4.78, 5) is 25.9. The summed E-state index contributed by atoms with van der Waals surface area (Å²) in [5.74, 6) is 0.0459. The van der Waals surface area contributed by atoms with Crippen molar-refractivity contribution in [3.63, 3.8) is 0 Å². The van der Waals surface area contributed by atoms with E-state index >= 15 is 0 Å². The lowest BCUT2D eigenvalue weighted by Gasteiger charge is -2.21. The Morgan fingerprint density at radius 3 is 2.69 bits per heavy atom. The van der Waals surface area contributed by atoms with Crippen molar-refractivity contribution in [2.45, 2.75) is 33.8 Å². The lowest BCUT2D eigenvalue weighted by molar-refractivity contribution is -0.147. The molecule has 0 saturated carbocycles. The first-order chi connectivity index (χ1) is 12.3. The molecular formula is C19H22N2O5. The molecule has 0 unspecified atom stereocenters. The minimum Gasteiger partial charge on any atom is -0.488 e. The normalized spacial score (nSPS) is 19.6. The number of carboxylic acids is 1. The van der Waals surface area contributed by atoms with Crippen molar-refractivity contribution in [3.05, 3.63) is 46.8 Å². The summed E-state index contributed by atoms with van der Waals surface area (Å²) in [7, 11) is 0. The molecule has 1 aliphatic rings. The maximum Gasteiger partial charge on any atom is 0.311 e. The number of nitrogens with zero attached hydrogens (tertiary/aromatic N) is 2. The summed E-state index contributed by atoms with van der Waals surface area (Å²) in [6.07, 6.45) is 0.441. The largest absolute Gasteiger partial charge is 0.488 e. The quantitative estimate of drug-likeness (QED) is 0.883. The molecule has 1 N–H and O–H groups in total. The zero-order valence-corrected chi connectivity index (χ0v) is 15.1. The van der Waals surface area contributed by atoms with Gasteiger partial charge in [-0.2, -0.15) is 0 Å². The van der Waals surface area contributed by atoms with E-state index in [0.717, 1.165) is 11.3 Å². The standard InChI is InChI=1S/C19H22N2O5/c1-12-15(13(2)26-20-12)10-25-16-7-5-4-6-14(16)17(22)21-9-8-19(3,11-21)18(23)24/h4-7H,8-11H2,1-3H3,(H,23,24)/t19-/m1/s1. The summed E-state index contributed by atoms with van der Waals surface area (Å²) in [6, 6.07) is 6.99. The Morgan fingerprint density at radius 2 is 2.08 bits per heavy atom. The van der Waals surface area contributed by atoms with Crippen molar-refractivity contribution in [1.82, 2.24) is 10.1 Å². The van der Waals surface area contributed by atoms with E-state index in [1.807, 2.05) is 13.8 Å². The SMILES string of the molecule is Cc1noc(C)c1COc1ccccc1C(=O)N1CC[C@@](C)(C(=O)O)C1. The Balaban J connectivity index is 1.77. The fourth-order valence-electron chi connectivity index (χ4n) is 3.11. The molecule has 1 saturated heterocycles. The molecule has 1 aromatic carbocycles. The number of aromatic nitrogens is 1. The molecule has 1 atom stereocenters. The molecule has 0 radical (unpaired) electrons. The highest BCUT2D eigenvalue weighted by molar-refractivity contribution is 5.97. The van der Waals surface area contributed by atoms with Crippen LogP contribution in [0.3, 0.4) is 0 Å². The summed E-state index contributed by atoms with van der Waals surface area (Å²) < 4.78 is 11.0. The second-order valence-electron chi connectivity index (χ2n) is 6.93. The first kappa shape index (κ1) is 18.0. The Labute approximate surface area is 151 Å². The second kappa shape index (κ2) is 6.82. The summed E-state index contributed by atoms with van der Waals surface area (Å²) in [5.41, 5.74) is 1.13. The van der Waals surface area contributed by atoms with Crippen molar-refractivity contribution >= 4 is 11.9 Å². The lowest BCUT2D eigenvalue weighted by atomic mass is 9.90. The van der Waals surface area contributed by atoms with E-state index in [1.165, 1.54) is 0 Å². The molecule has 0 aliphatic carbocycles. The molecule has 138 valence electrons. The number of aryl methyl sites for hydroxylation is 2. The predicted molar refractivity (Wildman–Crippen MR) is 93.0 cm³/mol. The number of ether oxygens (including phenoxy) is 1. The van der Waals surface area contributed by atoms with Gasteiger partial charge in [-0.15, -0.1) is 0 Å². The molecule has 0 spiro atoms. The van der Waals surface area contributed by atoms with Crippen LogP contribution in [0.5, 0.6) is 5.75 Å². The number of hydrogen-bond acceptors (Lipinski definition) is 5. The lowest BCUT2D eigenvalue weighted by Crippen LogP contribution is -2.35. The molecule has 3 rings (SSSR count). The number of amides is 1. The van der Waals surface area contributed by atoms with Gasteiger partial charge in [0.15, 0.2) is 0 Å². The van der Waals surface area contributed by atoms with E-state index < -0.39 is 11.4 Å². The predicted octanol–water partition coefficient (Wildman–Crippen LogP) is 2.81. The number of carbonyl (C=O) groups is 2. The summed E-state index contributed by atoms with van der Waals surface area (Å²) >= 11 is 0. The van der Waals surface area contributed by atoms with Gasteiger partial charge in [0.2, 0.25) is 0 Å². The smallest absolute Gasteiger partial charge is 0.311 e. The van der Waals surface area contributed by atoms with Crippen LogP contribution in [0.25, 0.3) is 0 Å². The van der Waals surface area contributed by atoms with E-state index in [0.29, 0.717) is 30.0 Å². The molecule has 26 heavy (non-hydrogen) atoms. The number of carboxylic acid groups (broad SMARTS) is 1. The van der Waals surface area contributed by atoms with Gasteiger partial charge < -0.3 is 19.3 Å². The minimum absolute atomic E-state index is 0.194. The van der Waals surface area contributed by atoms with Gasteiger partial charge in [0, 0.05) is 13.1 Å². The number of carbonyl (C=O) groups excluding carboxylic acids is 1. The van der Waals surface area contributed by atoms with E-state index in [4.69, 9.17) is 9.26 Å². The minimum atomic E-state index is -0.901. The molecular weight excluding hydrogens is 336 g/mol. The molecule has 7 heteroatoms. The number of hydrogen-bond donors (Lipinski definition) is 1. The van der Waals surface area contributed by atoms with Gasteiger partial charge in [0.25, 0.3) is 5.91 Å². The number of aliphatic carboxylic acids is 1. The fraction of sp³-hybridized carbons (Fsp3) is 0.421. The van der Waals surface area contributed by atoms with Crippen molar-refractivity contribution < 1.29 is 24.0 Å². The monoisotopic (exact) mass is 358 g/mol. The van der Waals surface area contributed by atoms with Crippen molar-refractivity contribution in [3.8, 4) is 5.75 Å². The van der Waals surface area contributed by atoms with Crippen LogP contribution in [-0.2, 0) is 11.4 Å². The van der Waals surface area contributed by atoms with Crippen molar-refractivity contribution in [2.24, 2.45) is 5.41 Å². The molecule has 2 aromatic rings. The molecule has 1 aromatic heterocycles. The van der Waals surface area contributed by atoms with Crippen molar-refractivity contribution in [2.75, 3.05) is 13.1 Å². The average Bonchev–Trinajstić information content (AvgIpc) is 3.17. The molecule has 2 heterocycles. The first-order valence-corrected chi connectivity index (χ1v) is 8.48. The van der Waals surface area contributed by atoms with Crippen molar-refractivity contribution in [1.29, 1.82) is 0 Å². The molecule has 1 amide bonds. The van der Waals surface area contributed by atoms with Gasteiger partial charge in [-0.1, -0.05) is 17.3 Å². The van der Waals surface area contributed by atoms with Crippen LogP contribution >= 0.6 is 0 Å². The Kier molecular flexibility index (Phi) is 4.71. The van der Waals surface area contributed by atoms with Gasteiger partial charge >= 0.3 is 5.97 Å². The van der Waals surface area contributed by atoms with E-state index in [2.05, 4.69) is 5.16 Å². The number of benzene rings is 1. The second-order valence-corrected chi connectivity index (χ2v) is 6.93. The summed E-state index contributed by atoms with van der Waals surface area (Å²) in [5, 5.41) is 13.3. The van der Waals surface area contributed by atoms with Gasteiger partial charge in [-0.25, -0.2) is 0 Å². The van der Waals surface area contributed by atoms with Gasteiger partial charge in [-0.05, 0) is 39.3 Å². The third-order valence-corrected chi connectivity index (χ3v) is 4.95. The van der Waals surface area contributed by atoms with Crippen LogP contribution in [-0.4, -0.2) is 40.1 Å². The van der Waals surface area contributed by atoms with E-state index in [1.54, 1.807) is 36.1 Å². The van der Waals surface area contributed by atoms with Crippen LogP contribution in [0.1, 0.15) is 40.7 Å². The third-order valence-electron chi connectivity index (χ3n) is 4.95. The number of likely N-dealkylation sites (tertiary alicyclic amines) is 1. The Hall–Kier alpha value is -2.83. The first-order valence-electron chi connectivity index (χ1n) is 8.48. The number of rotatable bonds is 5. The van der Waals surface area contributed by atoms with Crippen LogP contribution in [0.15, 0.2) is 28.8 Å². The molecule has 0 bridgehead atoms. The number of para-hydroxylation sites is 1. The average molecular weight is 358 g/mol. The van der Waals surface area contributed by atoms with Crippen LogP contribution < -0.4 is 4.74 Å².